The fourth-order valence-corrected chi connectivity index (χ4v) is 2.21. The van der Waals surface area contributed by atoms with Crippen LogP contribution in [-0.2, 0) is 10.1 Å². The molecular formula is C12H20NNaO4S. The quantitative estimate of drug-likeness (QED) is 0.446. The maximum absolute atomic E-state index is 10.5. The van der Waals surface area contributed by atoms with E-state index in [2.05, 4.69) is 11.0 Å². The normalized spacial score (nSPS) is 10.3. The van der Waals surface area contributed by atoms with Gasteiger partial charge in [0.25, 0.3) is 0 Å². The summed E-state index contributed by atoms with van der Waals surface area (Å²) < 4.78 is 31.6. The van der Waals surface area contributed by atoms with Gasteiger partial charge in [-0.05, 0) is 38.0 Å². The van der Waals surface area contributed by atoms with Crippen LogP contribution in [0.1, 0.15) is 18.9 Å². The van der Waals surface area contributed by atoms with Crippen LogP contribution in [0.3, 0.4) is 0 Å². The van der Waals surface area contributed by atoms with E-state index in [1.165, 1.54) is 0 Å². The molecule has 7 heteroatoms. The molecule has 1 aromatic carbocycles. The first-order valence-corrected chi connectivity index (χ1v) is 7.25. The summed E-state index contributed by atoms with van der Waals surface area (Å²) in [7, 11) is -4.10. The van der Waals surface area contributed by atoms with Gasteiger partial charge in [0.05, 0.1) is 10.1 Å². The molecule has 0 heterocycles. The van der Waals surface area contributed by atoms with E-state index in [-0.39, 0.29) is 40.8 Å². The molecule has 104 valence electrons. The maximum Gasteiger partial charge on any atom is 1.00 e. The molecule has 0 aliphatic carbocycles. The number of anilines is 1. The zero-order valence-electron chi connectivity index (χ0n) is 11.7. The van der Waals surface area contributed by atoms with E-state index in [1.54, 1.807) is 0 Å². The second kappa shape index (κ2) is 9.74. The van der Waals surface area contributed by atoms with Crippen molar-refractivity contribution in [2.45, 2.75) is 20.3 Å². The summed E-state index contributed by atoms with van der Waals surface area (Å²) in [6, 6.07) is 8.02. The molecule has 0 aromatic heterocycles. The Balaban J connectivity index is 0. The average molecular weight is 297 g/mol. The number of benzene rings is 1. The summed E-state index contributed by atoms with van der Waals surface area (Å²) >= 11 is 0. The van der Waals surface area contributed by atoms with Gasteiger partial charge in [0.2, 0.25) is 0 Å². The number of hydrogen-bond donors (Lipinski definition) is 0. The molecule has 0 spiro atoms. The zero-order valence-corrected chi connectivity index (χ0v) is 14.5. The van der Waals surface area contributed by atoms with Gasteiger partial charge in [-0.15, -0.1) is 0 Å². The average Bonchev–Trinajstić information content (AvgIpc) is 2.23. The molecule has 0 saturated carbocycles. The Morgan fingerprint density at radius 3 is 2.42 bits per heavy atom. The van der Waals surface area contributed by atoms with Gasteiger partial charge in [-0.25, -0.2) is 8.42 Å². The van der Waals surface area contributed by atoms with Crippen LogP contribution in [0.2, 0.25) is 0 Å². The fourth-order valence-electron chi connectivity index (χ4n) is 1.73. The molecule has 0 saturated heterocycles. The monoisotopic (exact) mass is 297 g/mol. The Morgan fingerprint density at radius 2 is 1.95 bits per heavy atom. The summed E-state index contributed by atoms with van der Waals surface area (Å²) in [4.78, 5) is 2.07. The van der Waals surface area contributed by atoms with Crippen LogP contribution >= 0.6 is 0 Å². The van der Waals surface area contributed by atoms with Crippen molar-refractivity contribution in [1.29, 1.82) is 0 Å². The molecule has 5 nitrogen and oxygen atoms in total. The van der Waals surface area contributed by atoms with Crippen molar-refractivity contribution < 1.29 is 48.0 Å². The van der Waals surface area contributed by atoms with Crippen LogP contribution in [0.4, 0.5) is 5.69 Å². The second-order valence-corrected chi connectivity index (χ2v) is 5.56. The smallest absolute Gasteiger partial charge is 0.748 e. The third-order valence-corrected chi connectivity index (χ3v) is 3.36. The number of rotatable bonds is 6. The first-order chi connectivity index (χ1) is 7.92. The SMILES string of the molecule is CCN(CCCS(=O)(=O)[O-])c1cccc(C)c1.O.[Na+]. The molecule has 0 fully saturated rings. The first-order valence-electron chi connectivity index (χ1n) is 5.67. The summed E-state index contributed by atoms with van der Waals surface area (Å²) in [5.41, 5.74) is 2.23. The van der Waals surface area contributed by atoms with E-state index >= 15 is 0 Å². The molecule has 0 aliphatic heterocycles. The minimum absolute atomic E-state index is 0. The van der Waals surface area contributed by atoms with Gasteiger partial charge in [-0.2, -0.15) is 0 Å². The van der Waals surface area contributed by atoms with Gasteiger partial charge in [-0.1, -0.05) is 12.1 Å². The van der Waals surface area contributed by atoms with E-state index in [1.807, 2.05) is 32.0 Å². The molecular weight excluding hydrogens is 277 g/mol. The van der Waals surface area contributed by atoms with Crippen LogP contribution in [0, 0.1) is 6.92 Å². The van der Waals surface area contributed by atoms with Gasteiger partial charge in [-0.3, -0.25) is 0 Å². The van der Waals surface area contributed by atoms with Crippen molar-refractivity contribution in [2.75, 3.05) is 23.7 Å². The largest absolute Gasteiger partial charge is 1.00 e. The topological polar surface area (TPSA) is 91.9 Å². The molecule has 0 aliphatic rings. The standard InChI is InChI=1S/C12H19NO3S.Na.H2O/c1-3-13(8-5-9-17(14,15)16)12-7-4-6-11(2)10-12;;/h4,6-7,10H,3,5,8-9H2,1-2H3,(H,14,15,16);;1H2/q;+1;/p-1. The Bertz CT molecular complexity index is 465. The van der Waals surface area contributed by atoms with Crippen LogP contribution in [0.5, 0.6) is 0 Å². The third-order valence-electron chi connectivity index (χ3n) is 2.57. The van der Waals surface area contributed by atoms with Crippen LogP contribution in [0.25, 0.3) is 0 Å². The molecule has 19 heavy (non-hydrogen) atoms. The van der Waals surface area contributed by atoms with Gasteiger partial charge in [0.15, 0.2) is 0 Å². The van der Waals surface area contributed by atoms with Crippen molar-refractivity contribution in [1.82, 2.24) is 0 Å². The molecule has 2 N–H and O–H groups in total. The maximum atomic E-state index is 10.5. The molecule has 1 aromatic rings. The van der Waals surface area contributed by atoms with Crippen LogP contribution < -0.4 is 34.5 Å². The molecule has 0 amide bonds. The first kappa shape index (κ1) is 21.2. The second-order valence-electron chi connectivity index (χ2n) is 4.03. The predicted molar refractivity (Wildman–Crippen MR) is 71.9 cm³/mol. The van der Waals surface area contributed by atoms with E-state index in [0.29, 0.717) is 13.0 Å². The van der Waals surface area contributed by atoms with Gasteiger partial charge >= 0.3 is 29.6 Å². The third kappa shape index (κ3) is 8.62. The van der Waals surface area contributed by atoms with E-state index < -0.39 is 10.1 Å². The predicted octanol–water partition coefficient (Wildman–Crippen LogP) is -2.06. The van der Waals surface area contributed by atoms with E-state index in [4.69, 9.17) is 0 Å². The molecule has 0 atom stereocenters. The van der Waals surface area contributed by atoms with Crippen molar-refractivity contribution in [3.8, 4) is 0 Å². The Labute approximate surface area is 137 Å². The minimum atomic E-state index is -4.10. The minimum Gasteiger partial charge on any atom is -0.748 e. The van der Waals surface area contributed by atoms with Crippen LogP contribution in [0.15, 0.2) is 24.3 Å². The summed E-state index contributed by atoms with van der Waals surface area (Å²) in [6.07, 6.45) is 0.369. The molecule has 0 radical (unpaired) electrons. The summed E-state index contributed by atoms with van der Waals surface area (Å²) in [6.45, 7) is 5.40. The van der Waals surface area contributed by atoms with Gasteiger partial charge in [0.1, 0.15) is 0 Å². The summed E-state index contributed by atoms with van der Waals surface area (Å²) in [5, 5.41) is 0. The number of nitrogens with zero attached hydrogens (tertiary/aromatic N) is 1. The summed E-state index contributed by atoms with van der Waals surface area (Å²) in [5.74, 6) is -0.296. The number of hydrogen-bond acceptors (Lipinski definition) is 4. The van der Waals surface area contributed by atoms with Crippen molar-refractivity contribution >= 4 is 15.8 Å². The van der Waals surface area contributed by atoms with Gasteiger partial charge < -0.3 is 14.9 Å². The van der Waals surface area contributed by atoms with Crippen molar-refractivity contribution in [2.24, 2.45) is 0 Å². The number of aryl methyl sites for hydroxylation is 1. The molecule has 1 rings (SSSR count). The van der Waals surface area contributed by atoms with Crippen LogP contribution in [-0.4, -0.2) is 37.3 Å². The fraction of sp³-hybridized carbons (Fsp3) is 0.500. The van der Waals surface area contributed by atoms with Gasteiger partial charge in [0, 0.05) is 24.5 Å². The Morgan fingerprint density at radius 1 is 1.32 bits per heavy atom. The molecule has 0 unspecified atom stereocenters. The van der Waals surface area contributed by atoms with Crippen molar-refractivity contribution in [3.63, 3.8) is 0 Å². The molecule has 0 bridgehead atoms. The Kier molecular flexibility index (Phi) is 10.9. The van der Waals surface area contributed by atoms with Crippen molar-refractivity contribution in [3.05, 3.63) is 29.8 Å². The van der Waals surface area contributed by atoms with E-state index in [9.17, 15) is 13.0 Å². The zero-order chi connectivity index (χ0) is 12.9. The Hall–Kier alpha value is -0.110. The van der Waals surface area contributed by atoms with E-state index in [0.717, 1.165) is 17.8 Å².